The Hall–Kier alpha value is -1.55. The molecule has 2 aliphatic heterocycles. The number of benzene rings is 1. The van der Waals surface area contributed by atoms with Crippen molar-refractivity contribution in [3.63, 3.8) is 0 Å². The molecular formula is C19H28N2O2. The summed E-state index contributed by atoms with van der Waals surface area (Å²) in [4.78, 5) is 17.2. The molecule has 1 unspecified atom stereocenters. The number of methoxy groups -OCH3 is 1. The van der Waals surface area contributed by atoms with E-state index in [9.17, 15) is 4.79 Å². The van der Waals surface area contributed by atoms with E-state index in [1.807, 2.05) is 24.3 Å². The molecule has 3 rings (SSSR count). The normalized spacial score (nSPS) is 22.3. The van der Waals surface area contributed by atoms with Crippen LogP contribution in [0.1, 0.15) is 31.2 Å². The molecular weight excluding hydrogens is 288 g/mol. The highest BCUT2D eigenvalue weighted by atomic mass is 16.5. The lowest BCUT2D eigenvalue weighted by Gasteiger charge is -2.34. The van der Waals surface area contributed by atoms with E-state index in [0.29, 0.717) is 12.3 Å². The smallest absolute Gasteiger partial charge is 0.226 e. The summed E-state index contributed by atoms with van der Waals surface area (Å²) in [5.74, 6) is 1.76. The van der Waals surface area contributed by atoms with Gasteiger partial charge < -0.3 is 14.5 Å². The zero-order valence-corrected chi connectivity index (χ0v) is 14.2. The molecule has 0 spiro atoms. The van der Waals surface area contributed by atoms with Crippen molar-refractivity contribution in [3.05, 3.63) is 29.8 Å². The summed E-state index contributed by atoms with van der Waals surface area (Å²) in [6, 6.07) is 7.83. The van der Waals surface area contributed by atoms with Gasteiger partial charge in [-0.1, -0.05) is 12.1 Å². The van der Waals surface area contributed by atoms with Crippen molar-refractivity contribution in [2.45, 2.75) is 32.1 Å². The molecule has 0 aliphatic carbocycles. The molecule has 2 fully saturated rings. The SMILES string of the molecule is COc1ccc(CC(=O)N2CCCC(CN3CCCC3)C2)cc1. The highest BCUT2D eigenvalue weighted by Gasteiger charge is 2.26. The lowest BCUT2D eigenvalue weighted by Crippen LogP contribution is -2.43. The molecule has 126 valence electrons. The Balaban J connectivity index is 1.51. The Morgan fingerprint density at radius 2 is 1.87 bits per heavy atom. The van der Waals surface area contributed by atoms with Crippen molar-refractivity contribution < 1.29 is 9.53 Å². The van der Waals surface area contributed by atoms with Crippen molar-refractivity contribution >= 4 is 5.91 Å². The van der Waals surface area contributed by atoms with Crippen LogP contribution in [-0.4, -0.2) is 55.5 Å². The number of piperidine rings is 1. The number of hydrogen-bond donors (Lipinski definition) is 0. The molecule has 4 nitrogen and oxygen atoms in total. The van der Waals surface area contributed by atoms with E-state index in [1.54, 1.807) is 7.11 Å². The predicted octanol–water partition coefficient (Wildman–Crippen LogP) is 2.57. The van der Waals surface area contributed by atoms with Crippen molar-refractivity contribution in [2.24, 2.45) is 5.92 Å². The number of amides is 1. The van der Waals surface area contributed by atoms with E-state index < -0.39 is 0 Å². The molecule has 23 heavy (non-hydrogen) atoms. The minimum absolute atomic E-state index is 0.265. The number of ether oxygens (including phenoxy) is 1. The Morgan fingerprint density at radius 1 is 1.13 bits per heavy atom. The maximum atomic E-state index is 12.6. The second-order valence-corrected chi connectivity index (χ2v) is 6.88. The van der Waals surface area contributed by atoms with E-state index in [4.69, 9.17) is 4.74 Å². The quantitative estimate of drug-likeness (QED) is 0.837. The van der Waals surface area contributed by atoms with Crippen molar-refractivity contribution in [1.29, 1.82) is 0 Å². The summed E-state index contributed by atoms with van der Waals surface area (Å²) >= 11 is 0. The van der Waals surface area contributed by atoms with Crippen LogP contribution in [0.2, 0.25) is 0 Å². The standard InChI is InChI=1S/C19H28N2O2/c1-23-18-8-6-16(7-9-18)13-19(22)21-12-4-5-17(15-21)14-20-10-2-3-11-20/h6-9,17H,2-5,10-15H2,1H3. The van der Waals surface area contributed by atoms with Gasteiger partial charge in [0, 0.05) is 19.6 Å². The minimum Gasteiger partial charge on any atom is -0.497 e. The lowest BCUT2D eigenvalue weighted by molar-refractivity contribution is -0.132. The van der Waals surface area contributed by atoms with Gasteiger partial charge in [0.05, 0.1) is 13.5 Å². The van der Waals surface area contributed by atoms with Crippen LogP contribution in [-0.2, 0) is 11.2 Å². The fourth-order valence-electron chi connectivity index (χ4n) is 3.80. The van der Waals surface area contributed by atoms with Gasteiger partial charge in [-0.3, -0.25) is 4.79 Å². The molecule has 1 amide bonds. The zero-order valence-electron chi connectivity index (χ0n) is 14.2. The second kappa shape index (κ2) is 7.82. The van der Waals surface area contributed by atoms with Crippen LogP contribution in [0.15, 0.2) is 24.3 Å². The minimum atomic E-state index is 0.265. The Bertz CT molecular complexity index is 509. The third-order valence-corrected chi connectivity index (χ3v) is 5.10. The van der Waals surface area contributed by atoms with Crippen LogP contribution in [0.25, 0.3) is 0 Å². The summed E-state index contributed by atoms with van der Waals surface area (Å²) in [5, 5.41) is 0. The first-order valence-corrected chi connectivity index (χ1v) is 8.87. The Morgan fingerprint density at radius 3 is 2.57 bits per heavy atom. The third kappa shape index (κ3) is 4.47. The van der Waals surface area contributed by atoms with Gasteiger partial charge in [-0.05, 0) is 62.4 Å². The molecule has 1 atom stereocenters. The van der Waals surface area contributed by atoms with Crippen LogP contribution in [0.4, 0.5) is 0 Å². The summed E-state index contributed by atoms with van der Waals surface area (Å²) in [5.41, 5.74) is 1.07. The molecule has 0 N–H and O–H groups in total. The average molecular weight is 316 g/mol. The van der Waals surface area contributed by atoms with Crippen molar-refractivity contribution in [2.75, 3.05) is 39.8 Å². The monoisotopic (exact) mass is 316 g/mol. The molecule has 2 aliphatic rings. The highest BCUT2D eigenvalue weighted by Crippen LogP contribution is 2.21. The average Bonchev–Trinajstić information content (AvgIpc) is 3.09. The van der Waals surface area contributed by atoms with E-state index in [0.717, 1.165) is 30.8 Å². The first-order valence-electron chi connectivity index (χ1n) is 8.87. The van der Waals surface area contributed by atoms with Crippen LogP contribution in [0, 0.1) is 5.92 Å². The van der Waals surface area contributed by atoms with E-state index in [2.05, 4.69) is 9.80 Å². The van der Waals surface area contributed by atoms with Gasteiger partial charge >= 0.3 is 0 Å². The fraction of sp³-hybridized carbons (Fsp3) is 0.632. The van der Waals surface area contributed by atoms with Gasteiger partial charge in [0.25, 0.3) is 0 Å². The van der Waals surface area contributed by atoms with Gasteiger partial charge in [-0.25, -0.2) is 0 Å². The maximum Gasteiger partial charge on any atom is 0.226 e. The molecule has 1 aromatic rings. The van der Waals surface area contributed by atoms with Gasteiger partial charge in [0.1, 0.15) is 5.75 Å². The predicted molar refractivity (Wildman–Crippen MR) is 91.7 cm³/mol. The van der Waals surface area contributed by atoms with Crippen LogP contribution in [0.3, 0.4) is 0 Å². The fourth-order valence-corrected chi connectivity index (χ4v) is 3.80. The molecule has 0 radical (unpaired) electrons. The largest absolute Gasteiger partial charge is 0.497 e. The Kier molecular flexibility index (Phi) is 5.55. The molecule has 4 heteroatoms. The van der Waals surface area contributed by atoms with Crippen molar-refractivity contribution in [1.82, 2.24) is 9.80 Å². The van der Waals surface area contributed by atoms with E-state index in [-0.39, 0.29) is 5.91 Å². The van der Waals surface area contributed by atoms with Gasteiger partial charge in [0.2, 0.25) is 5.91 Å². The van der Waals surface area contributed by atoms with Gasteiger partial charge in [-0.15, -0.1) is 0 Å². The molecule has 2 saturated heterocycles. The lowest BCUT2D eigenvalue weighted by atomic mass is 9.97. The molecule has 0 aromatic heterocycles. The molecule has 1 aromatic carbocycles. The first-order chi connectivity index (χ1) is 11.2. The Labute approximate surface area is 139 Å². The van der Waals surface area contributed by atoms with Crippen LogP contribution >= 0.6 is 0 Å². The molecule has 0 bridgehead atoms. The second-order valence-electron chi connectivity index (χ2n) is 6.88. The number of nitrogens with zero attached hydrogens (tertiary/aromatic N) is 2. The van der Waals surface area contributed by atoms with Crippen LogP contribution in [0.5, 0.6) is 5.75 Å². The third-order valence-electron chi connectivity index (χ3n) is 5.10. The van der Waals surface area contributed by atoms with Gasteiger partial charge in [0.15, 0.2) is 0 Å². The maximum absolute atomic E-state index is 12.6. The summed E-state index contributed by atoms with van der Waals surface area (Å²) < 4.78 is 5.17. The molecule has 2 heterocycles. The number of hydrogen-bond acceptors (Lipinski definition) is 3. The topological polar surface area (TPSA) is 32.8 Å². The summed E-state index contributed by atoms with van der Waals surface area (Å²) in [6.45, 7) is 5.52. The van der Waals surface area contributed by atoms with E-state index in [1.165, 1.54) is 38.9 Å². The van der Waals surface area contributed by atoms with Crippen molar-refractivity contribution in [3.8, 4) is 5.75 Å². The number of rotatable bonds is 5. The van der Waals surface area contributed by atoms with Crippen LogP contribution < -0.4 is 4.74 Å². The zero-order chi connectivity index (χ0) is 16.1. The first kappa shape index (κ1) is 16.3. The molecule has 0 saturated carbocycles. The van der Waals surface area contributed by atoms with E-state index >= 15 is 0 Å². The van der Waals surface area contributed by atoms with Gasteiger partial charge in [-0.2, -0.15) is 0 Å². The highest BCUT2D eigenvalue weighted by molar-refractivity contribution is 5.78. The number of likely N-dealkylation sites (tertiary alicyclic amines) is 2. The summed E-state index contributed by atoms with van der Waals surface area (Å²) in [6.07, 6.45) is 5.59. The number of carbonyl (C=O) groups excluding carboxylic acids is 1. The number of carbonyl (C=O) groups is 1. The summed E-state index contributed by atoms with van der Waals surface area (Å²) in [7, 11) is 1.66.